The Kier molecular flexibility index (Phi) is 9.77. The Morgan fingerprint density at radius 2 is 1.59 bits per heavy atom. The van der Waals surface area contributed by atoms with Gasteiger partial charge in [0.1, 0.15) is 12.7 Å². The largest absolute Gasteiger partial charge is 0.490 e. The third-order valence-electron chi connectivity index (χ3n) is 5.77. The summed E-state index contributed by atoms with van der Waals surface area (Å²) in [5, 5.41) is 18.5. The SMILES string of the molecule is Cc1cnc(N2CC[C@H]3[C@H](C[C@@H](Cn4cncn4)N3C)C2)nc1.O=C(O)C(F)(F)F.O=C(O)C(F)(F)F. The number of fused-ring (bicyclic) bond motifs is 1. The smallest absolute Gasteiger partial charge is 0.475 e. The number of halogens is 6. The van der Waals surface area contributed by atoms with Gasteiger partial charge >= 0.3 is 24.3 Å². The minimum atomic E-state index is -5.08. The van der Waals surface area contributed by atoms with Gasteiger partial charge in [-0.05, 0) is 38.3 Å². The van der Waals surface area contributed by atoms with E-state index in [1.165, 1.54) is 12.8 Å². The van der Waals surface area contributed by atoms with Crippen LogP contribution in [-0.4, -0.2) is 96.4 Å². The van der Waals surface area contributed by atoms with Crippen LogP contribution >= 0.6 is 0 Å². The monoisotopic (exact) mass is 541 g/mol. The van der Waals surface area contributed by atoms with E-state index in [0.717, 1.165) is 31.1 Å². The van der Waals surface area contributed by atoms with Crippen LogP contribution in [0.15, 0.2) is 25.0 Å². The first kappa shape index (κ1) is 29.7. The van der Waals surface area contributed by atoms with E-state index in [4.69, 9.17) is 19.8 Å². The van der Waals surface area contributed by atoms with Crippen molar-refractivity contribution in [3.05, 3.63) is 30.6 Å². The summed E-state index contributed by atoms with van der Waals surface area (Å²) >= 11 is 0. The lowest BCUT2D eigenvalue weighted by molar-refractivity contribution is -0.193. The van der Waals surface area contributed by atoms with E-state index < -0.39 is 24.3 Å². The van der Waals surface area contributed by atoms with Crippen molar-refractivity contribution in [3.63, 3.8) is 0 Å². The van der Waals surface area contributed by atoms with Crippen LogP contribution in [0.3, 0.4) is 0 Å². The van der Waals surface area contributed by atoms with Crippen molar-refractivity contribution >= 4 is 17.9 Å². The van der Waals surface area contributed by atoms with E-state index in [9.17, 15) is 26.3 Å². The Hall–Kier alpha value is -3.50. The van der Waals surface area contributed by atoms with Gasteiger partial charge in [0.2, 0.25) is 5.95 Å². The van der Waals surface area contributed by atoms with Gasteiger partial charge in [-0.3, -0.25) is 9.58 Å². The summed E-state index contributed by atoms with van der Waals surface area (Å²) in [5.41, 5.74) is 1.11. The van der Waals surface area contributed by atoms with E-state index in [1.807, 2.05) is 30.3 Å². The summed E-state index contributed by atoms with van der Waals surface area (Å²) in [6.07, 6.45) is -0.568. The predicted molar refractivity (Wildman–Crippen MR) is 114 cm³/mol. The summed E-state index contributed by atoms with van der Waals surface area (Å²) in [6, 6.07) is 1.19. The lowest BCUT2D eigenvalue weighted by Crippen LogP contribution is -2.46. The number of hydrogen-bond donors (Lipinski definition) is 2. The van der Waals surface area contributed by atoms with E-state index in [0.29, 0.717) is 18.0 Å². The normalized spacial score (nSPS) is 21.7. The van der Waals surface area contributed by atoms with Crippen LogP contribution in [0.2, 0.25) is 0 Å². The number of aryl methyl sites for hydroxylation is 1. The highest BCUT2D eigenvalue weighted by molar-refractivity contribution is 5.73. The van der Waals surface area contributed by atoms with Gasteiger partial charge < -0.3 is 15.1 Å². The molecule has 2 aliphatic heterocycles. The van der Waals surface area contributed by atoms with E-state index in [-0.39, 0.29) is 0 Å². The Balaban J connectivity index is 0.000000286. The third kappa shape index (κ3) is 8.83. The molecule has 2 aliphatic rings. The second-order valence-electron chi connectivity index (χ2n) is 8.40. The molecule has 2 saturated heterocycles. The molecule has 0 unspecified atom stereocenters. The van der Waals surface area contributed by atoms with Gasteiger partial charge in [0.05, 0.1) is 6.54 Å². The maximum absolute atomic E-state index is 10.6. The van der Waals surface area contributed by atoms with Crippen molar-refractivity contribution < 1.29 is 46.1 Å². The average molecular weight is 541 g/mol. The molecule has 2 N–H and O–H groups in total. The standard InChI is InChI=1S/C16H23N7.2C2HF3O2/c1-12-6-18-16(19-7-12)22-4-3-15-13(8-22)5-14(21(15)2)9-23-11-17-10-20-23;2*3-2(4,5)1(6)7/h6-7,10-11,13-15H,3-5,8-9H2,1-2H3;2*(H,6,7)/t13-,14+,15+;;/m1../s1. The molecule has 17 heteroatoms. The fourth-order valence-corrected chi connectivity index (χ4v) is 4.05. The second-order valence-corrected chi connectivity index (χ2v) is 8.40. The van der Waals surface area contributed by atoms with Crippen molar-refractivity contribution in [2.24, 2.45) is 5.92 Å². The van der Waals surface area contributed by atoms with E-state index >= 15 is 0 Å². The highest BCUT2D eigenvalue weighted by Gasteiger charge is 2.42. The highest BCUT2D eigenvalue weighted by Crippen LogP contribution is 2.35. The summed E-state index contributed by atoms with van der Waals surface area (Å²) in [6.45, 7) is 5.03. The number of carbonyl (C=O) groups is 2. The maximum atomic E-state index is 10.6. The highest BCUT2D eigenvalue weighted by atomic mass is 19.4. The first-order valence-corrected chi connectivity index (χ1v) is 10.8. The molecule has 2 aromatic heterocycles. The number of likely N-dealkylation sites (tertiary alicyclic amines) is 1. The molecular formula is C20H25F6N7O4. The van der Waals surface area contributed by atoms with Gasteiger partial charge in [-0.25, -0.2) is 24.5 Å². The topological polar surface area (TPSA) is 138 Å². The first-order chi connectivity index (χ1) is 17.1. The van der Waals surface area contributed by atoms with Gasteiger partial charge in [-0.1, -0.05) is 0 Å². The fourth-order valence-electron chi connectivity index (χ4n) is 4.05. The predicted octanol–water partition coefficient (Wildman–Crippen LogP) is 2.24. The van der Waals surface area contributed by atoms with Crippen LogP contribution in [0.1, 0.15) is 18.4 Å². The molecule has 206 valence electrons. The zero-order chi connectivity index (χ0) is 28.0. The molecule has 0 amide bonds. The lowest BCUT2D eigenvalue weighted by Gasteiger charge is -2.37. The number of carboxylic acids is 2. The van der Waals surface area contributed by atoms with Gasteiger partial charge in [-0.15, -0.1) is 0 Å². The summed E-state index contributed by atoms with van der Waals surface area (Å²) < 4.78 is 65.4. The number of hydrogen-bond acceptors (Lipinski definition) is 8. The molecule has 0 spiro atoms. The Bertz CT molecular complexity index is 994. The molecule has 0 radical (unpaired) electrons. The molecule has 0 aliphatic carbocycles. The minimum absolute atomic E-state index is 0.533. The first-order valence-electron chi connectivity index (χ1n) is 10.8. The molecule has 4 rings (SSSR count). The molecule has 4 heterocycles. The maximum Gasteiger partial charge on any atom is 0.490 e. The Labute approximate surface area is 206 Å². The van der Waals surface area contributed by atoms with E-state index in [2.05, 4.69) is 36.9 Å². The van der Waals surface area contributed by atoms with Crippen LogP contribution in [0.4, 0.5) is 32.3 Å². The van der Waals surface area contributed by atoms with Crippen LogP contribution in [0, 0.1) is 12.8 Å². The zero-order valence-corrected chi connectivity index (χ0v) is 19.7. The lowest BCUT2D eigenvalue weighted by atomic mass is 9.92. The quantitative estimate of drug-likeness (QED) is 0.557. The molecule has 37 heavy (non-hydrogen) atoms. The second kappa shape index (κ2) is 12.2. The molecule has 2 aromatic rings. The van der Waals surface area contributed by atoms with Crippen LogP contribution in [0.25, 0.3) is 0 Å². The molecule has 3 atom stereocenters. The van der Waals surface area contributed by atoms with Crippen LogP contribution < -0.4 is 4.90 Å². The molecule has 11 nitrogen and oxygen atoms in total. The van der Waals surface area contributed by atoms with Gasteiger partial charge in [0.15, 0.2) is 0 Å². The number of aromatic nitrogens is 5. The minimum Gasteiger partial charge on any atom is -0.475 e. The summed E-state index contributed by atoms with van der Waals surface area (Å²) in [4.78, 5) is 35.7. The van der Waals surface area contributed by atoms with Gasteiger partial charge in [0.25, 0.3) is 0 Å². The Morgan fingerprint density at radius 1 is 1.05 bits per heavy atom. The summed E-state index contributed by atoms with van der Waals surface area (Å²) in [7, 11) is 2.25. The van der Waals surface area contributed by atoms with E-state index in [1.54, 1.807) is 6.33 Å². The van der Waals surface area contributed by atoms with Crippen molar-refractivity contribution in [2.45, 2.75) is 50.7 Å². The van der Waals surface area contributed by atoms with Crippen molar-refractivity contribution in [1.29, 1.82) is 0 Å². The number of rotatable bonds is 3. The number of alkyl halides is 6. The number of anilines is 1. The third-order valence-corrected chi connectivity index (χ3v) is 5.77. The van der Waals surface area contributed by atoms with Gasteiger partial charge in [0, 0.05) is 37.6 Å². The number of carboxylic acid groups (broad SMARTS) is 2. The number of likely N-dealkylation sites (N-methyl/N-ethyl adjacent to an activating group) is 1. The van der Waals surface area contributed by atoms with Gasteiger partial charge in [-0.2, -0.15) is 31.4 Å². The molecule has 0 aromatic carbocycles. The van der Waals surface area contributed by atoms with Crippen molar-refractivity contribution in [2.75, 3.05) is 25.0 Å². The Morgan fingerprint density at radius 3 is 2.05 bits per heavy atom. The molecule has 0 saturated carbocycles. The number of aliphatic carboxylic acids is 2. The number of piperidine rings is 1. The van der Waals surface area contributed by atoms with Crippen LogP contribution in [0.5, 0.6) is 0 Å². The molecule has 0 bridgehead atoms. The van der Waals surface area contributed by atoms with Crippen molar-refractivity contribution in [3.8, 4) is 0 Å². The zero-order valence-electron chi connectivity index (χ0n) is 19.7. The molecular weight excluding hydrogens is 516 g/mol. The average Bonchev–Trinajstić information content (AvgIpc) is 3.42. The fraction of sp³-hybridized carbons (Fsp3) is 0.600. The van der Waals surface area contributed by atoms with Crippen molar-refractivity contribution in [1.82, 2.24) is 29.6 Å². The number of nitrogens with zero attached hydrogens (tertiary/aromatic N) is 7. The molecule has 2 fully saturated rings. The van der Waals surface area contributed by atoms with Crippen LogP contribution in [-0.2, 0) is 16.1 Å². The summed E-state index contributed by atoms with van der Waals surface area (Å²) in [5.74, 6) is -3.97.